The van der Waals surface area contributed by atoms with Crippen molar-refractivity contribution in [3.8, 4) is 0 Å². The maximum absolute atomic E-state index is 13.7. The summed E-state index contributed by atoms with van der Waals surface area (Å²) < 4.78 is 28.0. The van der Waals surface area contributed by atoms with Gasteiger partial charge in [0.25, 0.3) is 0 Å². The van der Waals surface area contributed by atoms with Gasteiger partial charge >= 0.3 is 0 Å². The molecule has 0 radical (unpaired) electrons. The molecule has 6 heteroatoms. The molecule has 0 fully saturated rings. The monoisotopic (exact) mass is 431 g/mol. The zero-order chi connectivity index (χ0) is 16.3. The van der Waals surface area contributed by atoms with Crippen molar-refractivity contribution in [2.75, 3.05) is 7.05 Å². The highest BCUT2D eigenvalue weighted by molar-refractivity contribution is 9.10. The first-order chi connectivity index (χ1) is 10.4. The van der Waals surface area contributed by atoms with Gasteiger partial charge in [-0.15, -0.1) is 0 Å². The largest absolute Gasteiger partial charge is 0.341 e. The molecule has 0 unspecified atom stereocenters. The standard InChI is InChI=1S/C16H13Br2F2NO/c1-21(9-11-8-12(17)3-5-14(11)19)16(22)7-10-2-4-15(20)13(18)6-10/h2-6,8H,7,9H2,1H3. The Morgan fingerprint density at radius 2 is 1.77 bits per heavy atom. The molecule has 1 amide bonds. The molecular formula is C16H13Br2F2NO. The summed E-state index contributed by atoms with van der Waals surface area (Å²) in [5, 5.41) is 0. The van der Waals surface area contributed by atoms with Crippen LogP contribution in [0.5, 0.6) is 0 Å². The number of hydrogen-bond acceptors (Lipinski definition) is 1. The first-order valence-electron chi connectivity index (χ1n) is 6.48. The van der Waals surface area contributed by atoms with Gasteiger partial charge in [0.2, 0.25) is 5.91 Å². The van der Waals surface area contributed by atoms with Crippen LogP contribution in [0.15, 0.2) is 45.3 Å². The number of nitrogens with zero attached hydrogens (tertiary/aromatic N) is 1. The Hall–Kier alpha value is -1.27. The van der Waals surface area contributed by atoms with Crippen molar-refractivity contribution in [2.24, 2.45) is 0 Å². The van der Waals surface area contributed by atoms with Crippen LogP contribution >= 0.6 is 31.9 Å². The summed E-state index contributed by atoms with van der Waals surface area (Å²) in [4.78, 5) is 13.6. The molecule has 0 aliphatic carbocycles. The molecule has 0 aromatic heterocycles. The average molecular weight is 433 g/mol. The molecule has 2 aromatic carbocycles. The Balaban J connectivity index is 2.05. The fourth-order valence-corrected chi connectivity index (χ4v) is 2.80. The highest BCUT2D eigenvalue weighted by atomic mass is 79.9. The Morgan fingerprint density at radius 3 is 2.45 bits per heavy atom. The molecule has 0 spiro atoms. The van der Waals surface area contributed by atoms with Crippen molar-refractivity contribution >= 4 is 37.8 Å². The Bertz CT molecular complexity index is 707. The molecule has 2 aromatic rings. The number of benzene rings is 2. The van der Waals surface area contributed by atoms with E-state index >= 15 is 0 Å². The van der Waals surface area contributed by atoms with E-state index in [0.717, 1.165) is 4.47 Å². The lowest BCUT2D eigenvalue weighted by Gasteiger charge is -2.18. The van der Waals surface area contributed by atoms with Crippen molar-refractivity contribution in [2.45, 2.75) is 13.0 Å². The van der Waals surface area contributed by atoms with Gasteiger partial charge < -0.3 is 4.90 Å². The molecule has 22 heavy (non-hydrogen) atoms. The van der Waals surface area contributed by atoms with Crippen molar-refractivity contribution in [1.82, 2.24) is 4.90 Å². The van der Waals surface area contributed by atoms with Crippen molar-refractivity contribution < 1.29 is 13.6 Å². The molecule has 0 aliphatic heterocycles. The molecule has 0 aliphatic rings. The van der Waals surface area contributed by atoms with E-state index in [1.54, 1.807) is 31.3 Å². The molecule has 0 saturated carbocycles. The van der Waals surface area contributed by atoms with Crippen LogP contribution in [0.2, 0.25) is 0 Å². The van der Waals surface area contributed by atoms with Gasteiger partial charge in [0.05, 0.1) is 10.9 Å². The van der Waals surface area contributed by atoms with E-state index < -0.39 is 0 Å². The van der Waals surface area contributed by atoms with Crippen LogP contribution in [0, 0.1) is 11.6 Å². The van der Waals surface area contributed by atoms with Crippen LogP contribution in [0.4, 0.5) is 8.78 Å². The minimum atomic E-state index is -0.374. The lowest BCUT2D eigenvalue weighted by Crippen LogP contribution is -2.28. The van der Waals surface area contributed by atoms with Gasteiger partial charge in [-0.25, -0.2) is 8.78 Å². The van der Waals surface area contributed by atoms with E-state index in [4.69, 9.17) is 0 Å². The third kappa shape index (κ3) is 4.36. The van der Waals surface area contributed by atoms with Crippen molar-refractivity contribution in [3.05, 3.63) is 68.1 Å². The van der Waals surface area contributed by atoms with E-state index in [0.29, 0.717) is 15.6 Å². The third-order valence-electron chi connectivity index (χ3n) is 3.18. The Kier molecular flexibility index (Phi) is 5.69. The molecule has 0 heterocycles. The normalized spacial score (nSPS) is 10.6. The smallest absolute Gasteiger partial charge is 0.227 e. The second-order valence-electron chi connectivity index (χ2n) is 4.91. The van der Waals surface area contributed by atoms with Gasteiger partial charge in [0.1, 0.15) is 11.6 Å². The van der Waals surface area contributed by atoms with Crippen LogP contribution in [-0.2, 0) is 17.8 Å². The summed E-state index contributed by atoms with van der Waals surface area (Å²) in [6.45, 7) is 0.173. The van der Waals surface area contributed by atoms with Gasteiger partial charge in [-0.3, -0.25) is 4.79 Å². The van der Waals surface area contributed by atoms with Crippen LogP contribution in [0.3, 0.4) is 0 Å². The molecule has 0 bridgehead atoms. The summed E-state index contributed by atoms with van der Waals surface area (Å²) in [6.07, 6.45) is 0.130. The van der Waals surface area contributed by atoms with E-state index in [9.17, 15) is 13.6 Å². The van der Waals surface area contributed by atoms with Gasteiger partial charge in [-0.1, -0.05) is 22.0 Å². The summed E-state index contributed by atoms with van der Waals surface area (Å²) >= 11 is 6.37. The number of hydrogen-bond donors (Lipinski definition) is 0. The molecule has 2 nitrogen and oxygen atoms in total. The fourth-order valence-electron chi connectivity index (χ4n) is 1.97. The van der Waals surface area contributed by atoms with Crippen LogP contribution in [0.1, 0.15) is 11.1 Å². The zero-order valence-electron chi connectivity index (χ0n) is 11.7. The SMILES string of the molecule is CN(Cc1cc(Br)ccc1F)C(=O)Cc1ccc(F)c(Br)c1. The summed E-state index contributed by atoms with van der Waals surface area (Å²) in [5.74, 6) is -0.897. The highest BCUT2D eigenvalue weighted by Crippen LogP contribution is 2.19. The lowest BCUT2D eigenvalue weighted by atomic mass is 10.1. The van der Waals surface area contributed by atoms with Crippen molar-refractivity contribution in [1.29, 1.82) is 0 Å². The van der Waals surface area contributed by atoms with E-state index in [1.807, 2.05) is 0 Å². The summed E-state index contributed by atoms with van der Waals surface area (Å²) in [7, 11) is 1.61. The topological polar surface area (TPSA) is 20.3 Å². The van der Waals surface area contributed by atoms with Crippen molar-refractivity contribution in [3.63, 3.8) is 0 Å². The van der Waals surface area contributed by atoms with E-state index in [-0.39, 0.29) is 30.5 Å². The number of rotatable bonds is 4. The molecule has 0 N–H and O–H groups in total. The quantitative estimate of drug-likeness (QED) is 0.686. The first-order valence-corrected chi connectivity index (χ1v) is 8.07. The summed E-state index contributed by atoms with van der Waals surface area (Å²) in [5.41, 5.74) is 1.13. The predicted molar refractivity (Wildman–Crippen MR) is 88.4 cm³/mol. The van der Waals surface area contributed by atoms with Gasteiger partial charge in [0, 0.05) is 23.6 Å². The van der Waals surface area contributed by atoms with E-state index in [2.05, 4.69) is 31.9 Å². The zero-order valence-corrected chi connectivity index (χ0v) is 14.9. The van der Waals surface area contributed by atoms with Crippen LogP contribution < -0.4 is 0 Å². The predicted octanol–water partition coefficient (Wildman–Crippen LogP) is 4.69. The molecule has 0 saturated heterocycles. The van der Waals surface area contributed by atoms with E-state index in [1.165, 1.54) is 17.0 Å². The number of amides is 1. The van der Waals surface area contributed by atoms with Gasteiger partial charge in [-0.2, -0.15) is 0 Å². The fraction of sp³-hybridized carbons (Fsp3) is 0.188. The minimum Gasteiger partial charge on any atom is -0.341 e. The number of likely N-dealkylation sites (N-methyl/N-ethyl adjacent to an activating group) is 1. The number of halogens is 4. The minimum absolute atomic E-state index is 0.130. The molecule has 116 valence electrons. The second kappa shape index (κ2) is 7.33. The number of carbonyl (C=O) groups is 1. The van der Waals surface area contributed by atoms with Crippen LogP contribution in [-0.4, -0.2) is 17.9 Å². The van der Waals surface area contributed by atoms with Gasteiger partial charge in [0.15, 0.2) is 0 Å². The average Bonchev–Trinajstić information content (AvgIpc) is 2.46. The molecule has 0 atom stereocenters. The van der Waals surface area contributed by atoms with Gasteiger partial charge in [-0.05, 0) is 51.8 Å². The maximum Gasteiger partial charge on any atom is 0.227 e. The maximum atomic E-state index is 13.7. The molecular weight excluding hydrogens is 420 g/mol. The first kappa shape index (κ1) is 17.1. The third-order valence-corrected chi connectivity index (χ3v) is 4.28. The highest BCUT2D eigenvalue weighted by Gasteiger charge is 2.13. The Labute approximate surface area is 144 Å². The second-order valence-corrected chi connectivity index (χ2v) is 6.68. The number of carbonyl (C=O) groups excluding carboxylic acids is 1. The lowest BCUT2D eigenvalue weighted by molar-refractivity contribution is -0.129. The van der Waals surface area contributed by atoms with Crippen LogP contribution in [0.25, 0.3) is 0 Å². The summed E-state index contributed by atoms with van der Waals surface area (Å²) in [6, 6.07) is 9.05. The Morgan fingerprint density at radius 1 is 1.09 bits per heavy atom. The molecule has 2 rings (SSSR count).